The molecule has 0 saturated heterocycles. The van der Waals surface area contributed by atoms with Crippen LogP contribution in [-0.2, 0) is 6.42 Å². The van der Waals surface area contributed by atoms with Crippen molar-refractivity contribution in [3.8, 4) is 5.75 Å². The maximum absolute atomic E-state index is 5.47. The third kappa shape index (κ3) is 2.65. The highest BCUT2D eigenvalue weighted by molar-refractivity contribution is 5.52. The molecule has 2 rings (SSSR count). The van der Waals surface area contributed by atoms with Gasteiger partial charge in [-0.2, -0.15) is 0 Å². The van der Waals surface area contributed by atoms with E-state index in [-0.39, 0.29) is 0 Å². The molecule has 0 spiro atoms. The lowest BCUT2D eigenvalue weighted by Gasteiger charge is -2.19. The Kier molecular flexibility index (Phi) is 2.59. The van der Waals surface area contributed by atoms with Crippen LogP contribution in [0.4, 0.5) is 5.69 Å². The van der Waals surface area contributed by atoms with Crippen LogP contribution >= 0.6 is 0 Å². The van der Waals surface area contributed by atoms with Gasteiger partial charge in [0.1, 0.15) is 5.75 Å². The number of rotatable bonds is 2. The van der Waals surface area contributed by atoms with Gasteiger partial charge >= 0.3 is 0 Å². The van der Waals surface area contributed by atoms with E-state index in [1.807, 2.05) is 0 Å². The van der Waals surface area contributed by atoms with Crippen molar-refractivity contribution < 1.29 is 4.74 Å². The van der Waals surface area contributed by atoms with Gasteiger partial charge in [0.2, 0.25) is 0 Å². The fourth-order valence-corrected chi connectivity index (χ4v) is 1.66. The predicted octanol–water partition coefficient (Wildman–Crippen LogP) is 3.08. The van der Waals surface area contributed by atoms with Crippen LogP contribution in [0.25, 0.3) is 0 Å². The second-order valence-corrected chi connectivity index (χ2v) is 5.34. The van der Waals surface area contributed by atoms with Gasteiger partial charge in [0.05, 0.1) is 6.61 Å². The first-order valence-electron chi connectivity index (χ1n) is 5.54. The third-order valence-electron chi connectivity index (χ3n) is 2.51. The molecule has 0 unspecified atom stereocenters. The average Bonchev–Trinajstić information content (AvgIpc) is 2.60. The highest BCUT2D eigenvalue weighted by Crippen LogP contribution is 2.28. The minimum absolute atomic E-state index is 0.315. The van der Waals surface area contributed by atoms with Gasteiger partial charge in [-0.1, -0.05) is 20.8 Å². The first-order chi connectivity index (χ1) is 7.04. The van der Waals surface area contributed by atoms with E-state index < -0.39 is 0 Å². The smallest absolute Gasteiger partial charge is 0.122 e. The first-order valence-corrected chi connectivity index (χ1v) is 5.54. The summed E-state index contributed by atoms with van der Waals surface area (Å²) in [6.07, 6.45) is 1.04. The SMILES string of the molecule is CC(C)(C)CNc1ccc2c(c1)CCO2. The zero-order chi connectivity index (χ0) is 10.9. The van der Waals surface area contributed by atoms with Crippen LogP contribution in [0.5, 0.6) is 5.75 Å². The fourth-order valence-electron chi connectivity index (χ4n) is 1.66. The molecule has 1 heterocycles. The molecule has 1 N–H and O–H groups in total. The molecule has 0 atom stereocenters. The summed E-state index contributed by atoms with van der Waals surface area (Å²) >= 11 is 0. The quantitative estimate of drug-likeness (QED) is 0.801. The van der Waals surface area contributed by atoms with E-state index in [0.717, 1.165) is 25.3 Å². The molecule has 0 bridgehead atoms. The Morgan fingerprint density at radius 3 is 2.87 bits per heavy atom. The summed E-state index contributed by atoms with van der Waals surface area (Å²) in [5.41, 5.74) is 2.85. The number of hydrogen-bond acceptors (Lipinski definition) is 2. The summed E-state index contributed by atoms with van der Waals surface area (Å²) < 4.78 is 5.47. The van der Waals surface area contributed by atoms with E-state index in [1.165, 1.54) is 11.3 Å². The molecule has 82 valence electrons. The van der Waals surface area contributed by atoms with Crippen molar-refractivity contribution in [1.29, 1.82) is 0 Å². The molecule has 0 radical (unpaired) electrons. The lowest BCUT2D eigenvalue weighted by atomic mass is 9.97. The van der Waals surface area contributed by atoms with E-state index >= 15 is 0 Å². The molecule has 0 aromatic heterocycles. The van der Waals surface area contributed by atoms with Crippen LogP contribution < -0.4 is 10.1 Å². The van der Waals surface area contributed by atoms with Gasteiger partial charge in [0.15, 0.2) is 0 Å². The highest BCUT2D eigenvalue weighted by atomic mass is 16.5. The minimum atomic E-state index is 0.315. The number of ether oxygens (including phenoxy) is 1. The van der Waals surface area contributed by atoms with E-state index in [4.69, 9.17) is 4.74 Å². The van der Waals surface area contributed by atoms with E-state index in [1.54, 1.807) is 0 Å². The van der Waals surface area contributed by atoms with Gasteiger partial charge in [0.25, 0.3) is 0 Å². The molecule has 1 aliphatic heterocycles. The molecule has 1 aliphatic rings. The molecule has 2 heteroatoms. The summed E-state index contributed by atoms with van der Waals surface area (Å²) in [7, 11) is 0. The molecule has 0 saturated carbocycles. The molecule has 1 aromatic rings. The number of hydrogen-bond donors (Lipinski definition) is 1. The van der Waals surface area contributed by atoms with Gasteiger partial charge in [-0.25, -0.2) is 0 Å². The van der Waals surface area contributed by atoms with E-state index in [9.17, 15) is 0 Å². The Balaban J connectivity index is 2.04. The Morgan fingerprint density at radius 2 is 2.13 bits per heavy atom. The largest absolute Gasteiger partial charge is 0.493 e. The first kappa shape index (κ1) is 10.3. The molecular formula is C13H19NO. The van der Waals surface area contributed by atoms with Gasteiger partial charge in [0, 0.05) is 18.7 Å². The second-order valence-electron chi connectivity index (χ2n) is 5.34. The zero-order valence-corrected chi connectivity index (χ0v) is 9.76. The van der Waals surface area contributed by atoms with Crippen molar-refractivity contribution in [2.45, 2.75) is 27.2 Å². The van der Waals surface area contributed by atoms with Crippen molar-refractivity contribution in [3.05, 3.63) is 23.8 Å². The summed E-state index contributed by atoms with van der Waals surface area (Å²) in [6.45, 7) is 8.52. The molecule has 1 aromatic carbocycles. The van der Waals surface area contributed by atoms with Crippen molar-refractivity contribution in [3.63, 3.8) is 0 Å². The number of benzene rings is 1. The maximum Gasteiger partial charge on any atom is 0.122 e. The third-order valence-corrected chi connectivity index (χ3v) is 2.51. The van der Waals surface area contributed by atoms with Crippen molar-refractivity contribution >= 4 is 5.69 Å². The summed E-state index contributed by atoms with van der Waals surface area (Å²) in [5.74, 6) is 1.05. The highest BCUT2D eigenvalue weighted by Gasteiger charge is 2.13. The van der Waals surface area contributed by atoms with Crippen molar-refractivity contribution in [2.24, 2.45) is 5.41 Å². The predicted molar refractivity (Wildman–Crippen MR) is 63.6 cm³/mol. The van der Waals surface area contributed by atoms with Crippen molar-refractivity contribution in [2.75, 3.05) is 18.5 Å². The molecule has 0 amide bonds. The lowest BCUT2D eigenvalue weighted by molar-refractivity contribution is 0.357. The number of nitrogens with one attached hydrogen (secondary N) is 1. The average molecular weight is 205 g/mol. The van der Waals surface area contributed by atoms with Gasteiger partial charge in [-0.3, -0.25) is 0 Å². The second kappa shape index (κ2) is 3.76. The lowest BCUT2D eigenvalue weighted by Crippen LogP contribution is -2.18. The summed E-state index contributed by atoms with van der Waals surface area (Å²) in [5, 5.41) is 3.46. The van der Waals surface area contributed by atoms with Crippen LogP contribution in [-0.4, -0.2) is 13.2 Å². The normalized spacial score (nSPS) is 14.6. The Hall–Kier alpha value is -1.18. The van der Waals surface area contributed by atoms with E-state index in [2.05, 4.69) is 44.3 Å². The van der Waals surface area contributed by atoms with Crippen LogP contribution in [0.3, 0.4) is 0 Å². The summed E-state index contributed by atoms with van der Waals surface area (Å²) in [6, 6.07) is 6.36. The Morgan fingerprint density at radius 1 is 1.33 bits per heavy atom. The van der Waals surface area contributed by atoms with Crippen LogP contribution in [0, 0.1) is 5.41 Å². The molecule has 15 heavy (non-hydrogen) atoms. The fraction of sp³-hybridized carbons (Fsp3) is 0.538. The zero-order valence-electron chi connectivity index (χ0n) is 9.76. The van der Waals surface area contributed by atoms with Gasteiger partial charge in [-0.15, -0.1) is 0 Å². The summed E-state index contributed by atoms with van der Waals surface area (Å²) in [4.78, 5) is 0. The number of anilines is 1. The van der Waals surface area contributed by atoms with Crippen LogP contribution in [0.15, 0.2) is 18.2 Å². The van der Waals surface area contributed by atoms with Gasteiger partial charge in [-0.05, 0) is 29.2 Å². The maximum atomic E-state index is 5.47. The molecular weight excluding hydrogens is 186 g/mol. The van der Waals surface area contributed by atoms with Crippen molar-refractivity contribution in [1.82, 2.24) is 0 Å². The molecule has 0 fully saturated rings. The van der Waals surface area contributed by atoms with Gasteiger partial charge < -0.3 is 10.1 Å². The van der Waals surface area contributed by atoms with E-state index in [0.29, 0.717) is 5.41 Å². The van der Waals surface area contributed by atoms with Crippen LogP contribution in [0.1, 0.15) is 26.3 Å². The molecule has 0 aliphatic carbocycles. The Bertz CT molecular complexity index is 352. The standard InChI is InChI=1S/C13H19NO/c1-13(2,3)9-14-11-4-5-12-10(8-11)6-7-15-12/h4-5,8,14H,6-7,9H2,1-3H3. The number of fused-ring (bicyclic) bond motifs is 1. The minimum Gasteiger partial charge on any atom is -0.493 e. The Labute approximate surface area is 91.6 Å². The topological polar surface area (TPSA) is 21.3 Å². The molecule has 2 nitrogen and oxygen atoms in total. The monoisotopic (exact) mass is 205 g/mol. The van der Waals surface area contributed by atoms with Crippen LogP contribution in [0.2, 0.25) is 0 Å².